The van der Waals surface area contributed by atoms with E-state index in [-0.39, 0.29) is 5.82 Å². The lowest BCUT2D eigenvalue weighted by atomic mass is 10.0. The Bertz CT molecular complexity index is 536. The van der Waals surface area contributed by atoms with Gasteiger partial charge in [-0.1, -0.05) is 12.1 Å². The van der Waals surface area contributed by atoms with Crippen LogP contribution < -0.4 is 0 Å². The van der Waals surface area contributed by atoms with Gasteiger partial charge < -0.3 is 5.11 Å². The molecule has 1 N–H and O–H groups in total. The Kier molecular flexibility index (Phi) is 3.77. The highest BCUT2D eigenvalue weighted by atomic mass is 19.1. The normalized spacial score (nSPS) is 12.7. The molecule has 3 nitrogen and oxygen atoms in total. The molecule has 0 aliphatic heterocycles. The second-order valence-electron chi connectivity index (χ2n) is 4.59. The summed E-state index contributed by atoms with van der Waals surface area (Å²) in [7, 11) is 1.86. The Labute approximate surface area is 106 Å². The molecule has 0 saturated heterocycles. The molecule has 1 aromatic heterocycles. The zero-order valence-electron chi connectivity index (χ0n) is 10.6. The molecule has 4 heteroatoms. The summed E-state index contributed by atoms with van der Waals surface area (Å²) in [6, 6.07) is 8.29. The summed E-state index contributed by atoms with van der Waals surface area (Å²) < 4.78 is 14.8. The molecule has 1 heterocycles. The molecule has 2 aromatic rings. The van der Waals surface area contributed by atoms with Gasteiger partial charge in [-0.15, -0.1) is 0 Å². The lowest BCUT2D eigenvalue weighted by Crippen LogP contribution is -2.16. The topological polar surface area (TPSA) is 38.0 Å². The summed E-state index contributed by atoms with van der Waals surface area (Å²) in [5.41, 5.74) is 2.73. The molecular formula is C14H17FN2O. The van der Waals surface area contributed by atoms with Crippen molar-refractivity contribution in [3.8, 4) is 0 Å². The van der Waals surface area contributed by atoms with E-state index in [9.17, 15) is 9.50 Å². The molecule has 0 radical (unpaired) electrons. The molecule has 0 aliphatic rings. The largest absolute Gasteiger partial charge is 0.392 e. The van der Waals surface area contributed by atoms with Crippen LogP contribution in [0.3, 0.4) is 0 Å². The number of rotatable bonds is 4. The minimum atomic E-state index is -0.526. The Morgan fingerprint density at radius 3 is 2.72 bits per heavy atom. The summed E-state index contributed by atoms with van der Waals surface area (Å²) in [5, 5.41) is 14.2. The van der Waals surface area contributed by atoms with Crippen LogP contribution in [0.5, 0.6) is 0 Å². The summed E-state index contributed by atoms with van der Waals surface area (Å²) in [6.45, 7) is 1.92. The molecule has 0 amide bonds. The van der Waals surface area contributed by atoms with Crippen LogP contribution in [-0.2, 0) is 19.9 Å². The van der Waals surface area contributed by atoms with Crippen molar-refractivity contribution in [1.29, 1.82) is 0 Å². The van der Waals surface area contributed by atoms with E-state index in [4.69, 9.17) is 0 Å². The number of hydrogen-bond acceptors (Lipinski definition) is 2. The van der Waals surface area contributed by atoms with Crippen molar-refractivity contribution in [1.82, 2.24) is 9.78 Å². The van der Waals surface area contributed by atoms with Gasteiger partial charge in [0.05, 0.1) is 11.8 Å². The van der Waals surface area contributed by atoms with Gasteiger partial charge in [0.1, 0.15) is 5.82 Å². The van der Waals surface area contributed by atoms with Gasteiger partial charge in [0.2, 0.25) is 0 Å². The molecule has 2 rings (SSSR count). The van der Waals surface area contributed by atoms with Gasteiger partial charge in [0.25, 0.3) is 0 Å². The highest BCUT2D eigenvalue weighted by Gasteiger charge is 2.11. The lowest BCUT2D eigenvalue weighted by Gasteiger charge is -2.10. The minimum absolute atomic E-state index is 0.268. The maximum absolute atomic E-state index is 13.0. The van der Waals surface area contributed by atoms with Crippen molar-refractivity contribution in [3.05, 3.63) is 53.1 Å². The predicted molar refractivity (Wildman–Crippen MR) is 67.8 cm³/mol. The minimum Gasteiger partial charge on any atom is -0.392 e. The van der Waals surface area contributed by atoms with Crippen LogP contribution in [0.4, 0.5) is 4.39 Å². The van der Waals surface area contributed by atoms with E-state index < -0.39 is 6.10 Å². The molecule has 18 heavy (non-hydrogen) atoms. The number of aromatic nitrogens is 2. The van der Waals surface area contributed by atoms with Gasteiger partial charge in [0.15, 0.2) is 0 Å². The average molecular weight is 248 g/mol. The van der Waals surface area contributed by atoms with Crippen LogP contribution in [0.25, 0.3) is 0 Å². The average Bonchev–Trinajstić information content (AvgIpc) is 2.57. The van der Waals surface area contributed by atoms with E-state index in [0.29, 0.717) is 12.8 Å². The van der Waals surface area contributed by atoms with Crippen LogP contribution >= 0.6 is 0 Å². The molecule has 0 bridgehead atoms. The summed E-state index contributed by atoms with van der Waals surface area (Å²) in [6.07, 6.45) is 0.442. The number of aliphatic hydroxyl groups is 1. The molecule has 96 valence electrons. The predicted octanol–water partition coefficient (Wildman–Crippen LogP) is 2.01. The number of benzene rings is 1. The smallest absolute Gasteiger partial charge is 0.123 e. The number of hydrogen-bond donors (Lipinski definition) is 1. The number of aryl methyl sites for hydroxylation is 2. The molecule has 1 atom stereocenters. The molecule has 1 aromatic carbocycles. The van der Waals surface area contributed by atoms with Crippen LogP contribution in [0.2, 0.25) is 0 Å². The van der Waals surface area contributed by atoms with Gasteiger partial charge >= 0.3 is 0 Å². The second kappa shape index (κ2) is 5.31. The lowest BCUT2D eigenvalue weighted by molar-refractivity contribution is 0.173. The van der Waals surface area contributed by atoms with Gasteiger partial charge in [-0.2, -0.15) is 5.10 Å². The van der Waals surface area contributed by atoms with Crippen LogP contribution in [0.1, 0.15) is 17.0 Å². The first-order valence-electron chi connectivity index (χ1n) is 5.96. The standard InChI is InChI=1S/C14H17FN2O/c1-10-6-13(17(2)16-10)9-14(18)8-11-4-3-5-12(15)7-11/h3-7,14,18H,8-9H2,1-2H3. The second-order valence-corrected chi connectivity index (χ2v) is 4.59. The van der Waals surface area contributed by atoms with E-state index in [1.165, 1.54) is 12.1 Å². The Morgan fingerprint density at radius 2 is 2.11 bits per heavy atom. The van der Waals surface area contributed by atoms with Gasteiger partial charge in [-0.25, -0.2) is 4.39 Å². The number of nitrogens with zero attached hydrogens (tertiary/aromatic N) is 2. The SMILES string of the molecule is Cc1cc(CC(O)Cc2cccc(F)c2)n(C)n1. The van der Waals surface area contributed by atoms with Crippen LogP contribution in [0, 0.1) is 12.7 Å². The molecule has 0 spiro atoms. The Balaban J connectivity index is 2.00. The zero-order valence-corrected chi connectivity index (χ0v) is 10.6. The highest BCUT2D eigenvalue weighted by Crippen LogP contribution is 2.11. The summed E-state index contributed by atoms with van der Waals surface area (Å²) in [5.74, 6) is -0.268. The van der Waals surface area contributed by atoms with Gasteiger partial charge in [-0.3, -0.25) is 4.68 Å². The highest BCUT2D eigenvalue weighted by molar-refractivity contribution is 5.18. The van der Waals surface area contributed by atoms with E-state index in [2.05, 4.69) is 5.10 Å². The molecule has 0 fully saturated rings. The summed E-state index contributed by atoms with van der Waals surface area (Å²) >= 11 is 0. The number of aliphatic hydroxyl groups excluding tert-OH is 1. The van der Waals surface area contributed by atoms with Gasteiger partial charge in [-0.05, 0) is 37.1 Å². The van der Waals surface area contributed by atoms with Crippen molar-refractivity contribution >= 4 is 0 Å². The van der Waals surface area contributed by atoms with Gasteiger partial charge in [0, 0.05) is 19.2 Å². The van der Waals surface area contributed by atoms with E-state index in [1.54, 1.807) is 10.7 Å². The zero-order chi connectivity index (χ0) is 13.1. The fraction of sp³-hybridized carbons (Fsp3) is 0.357. The third kappa shape index (κ3) is 3.17. The third-order valence-corrected chi connectivity index (χ3v) is 2.90. The maximum Gasteiger partial charge on any atom is 0.123 e. The molecule has 0 saturated carbocycles. The van der Waals surface area contributed by atoms with Crippen LogP contribution in [0.15, 0.2) is 30.3 Å². The summed E-state index contributed by atoms with van der Waals surface area (Å²) in [4.78, 5) is 0. The first kappa shape index (κ1) is 12.8. The fourth-order valence-electron chi connectivity index (χ4n) is 2.10. The van der Waals surface area contributed by atoms with E-state index in [0.717, 1.165) is 17.0 Å². The molecular weight excluding hydrogens is 231 g/mol. The van der Waals surface area contributed by atoms with Crippen molar-refractivity contribution in [3.63, 3.8) is 0 Å². The molecule has 1 unspecified atom stereocenters. The first-order chi connectivity index (χ1) is 8.54. The van der Waals surface area contributed by atoms with Crippen molar-refractivity contribution in [2.45, 2.75) is 25.9 Å². The molecule has 0 aliphatic carbocycles. The number of halogens is 1. The third-order valence-electron chi connectivity index (χ3n) is 2.90. The maximum atomic E-state index is 13.0. The van der Waals surface area contributed by atoms with E-state index in [1.807, 2.05) is 26.1 Å². The van der Waals surface area contributed by atoms with Crippen molar-refractivity contribution in [2.24, 2.45) is 7.05 Å². The van der Waals surface area contributed by atoms with Crippen LogP contribution in [-0.4, -0.2) is 21.0 Å². The van der Waals surface area contributed by atoms with E-state index >= 15 is 0 Å². The quantitative estimate of drug-likeness (QED) is 0.899. The Morgan fingerprint density at radius 1 is 1.33 bits per heavy atom. The fourth-order valence-corrected chi connectivity index (χ4v) is 2.10. The van der Waals surface area contributed by atoms with Crippen molar-refractivity contribution < 1.29 is 9.50 Å². The monoisotopic (exact) mass is 248 g/mol. The van der Waals surface area contributed by atoms with Crippen molar-refractivity contribution in [2.75, 3.05) is 0 Å². The Hall–Kier alpha value is -1.68. The first-order valence-corrected chi connectivity index (χ1v) is 5.96.